The molecule has 0 saturated heterocycles. The summed E-state index contributed by atoms with van der Waals surface area (Å²) < 4.78 is 15.5. The lowest BCUT2D eigenvalue weighted by molar-refractivity contribution is 0.0519. The molecule has 1 aliphatic heterocycles. The SMILES string of the molecule is COc1ccc(C(=O)O/N=C\c2ccc3c(c2)OCO3)cc1. The maximum Gasteiger partial charge on any atom is 0.365 e. The number of carbonyl (C=O) groups is 1. The molecule has 0 amide bonds. The van der Waals surface area contributed by atoms with Gasteiger partial charge >= 0.3 is 5.97 Å². The number of rotatable bonds is 4. The van der Waals surface area contributed by atoms with E-state index in [2.05, 4.69) is 5.16 Å². The van der Waals surface area contributed by atoms with E-state index in [0.717, 1.165) is 5.56 Å². The van der Waals surface area contributed by atoms with E-state index in [1.807, 2.05) is 0 Å². The molecule has 0 N–H and O–H groups in total. The van der Waals surface area contributed by atoms with E-state index >= 15 is 0 Å². The first-order valence-corrected chi connectivity index (χ1v) is 6.55. The molecule has 1 heterocycles. The number of benzene rings is 2. The molecule has 6 nitrogen and oxygen atoms in total. The minimum Gasteiger partial charge on any atom is -0.497 e. The van der Waals surface area contributed by atoms with Crippen LogP contribution in [0, 0.1) is 0 Å². The van der Waals surface area contributed by atoms with Crippen LogP contribution in [0.2, 0.25) is 0 Å². The van der Waals surface area contributed by atoms with E-state index in [0.29, 0.717) is 22.8 Å². The zero-order valence-corrected chi connectivity index (χ0v) is 11.8. The molecule has 22 heavy (non-hydrogen) atoms. The average Bonchev–Trinajstić information content (AvgIpc) is 3.02. The highest BCUT2D eigenvalue weighted by atomic mass is 16.7. The van der Waals surface area contributed by atoms with Crippen molar-refractivity contribution in [3.63, 3.8) is 0 Å². The molecule has 1 aliphatic rings. The standard InChI is InChI=1S/C16H13NO5/c1-19-13-5-3-12(4-6-13)16(18)22-17-9-11-2-7-14-15(8-11)21-10-20-14/h2-9H,10H2,1H3/b17-9-. The summed E-state index contributed by atoms with van der Waals surface area (Å²) in [5.74, 6) is 1.46. The lowest BCUT2D eigenvalue weighted by Crippen LogP contribution is -2.01. The Morgan fingerprint density at radius 3 is 2.68 bits per heavy atom. The van der Waals surface area contributed by atoms with E-state index in [9.17, 15) is 4.79 Å². The third-order valence-corrected chi connectivity index (χ3v) is 3.06. The summed E-state index contributed by atoms with van der Waals surface area (Å²) in [7, 11) is 1.56. The van der Waals surface area contributed by atoms with E-state index < -0.39 is 5.97 Å². The van der Waals surface area contributed by atoms with Crippen molar-refractivity contribution in [3.05, 3.63) is 53.6 Å². The summed E-state index contributed by atoms with van der Waals surface area (Å²) in [4.78, 5) is 16.6. The van der Waals surface area contributed by atoms with Crippen LogP contribution in [0.25, 0.3) is 0 Å². The van der Waals surface area contributed by atoms with Crippen molar-refractivity contribution in [1.82, 2.24) is 0 Å². The number of carbonyl (C=O) groups excluding carboxylic acids is 1. The summed E-state index contributed by atoms with van der Waals surface area (Å²) >= 11 is 0. The monoisotopic (exact) mass is 299 g/mol. The van der Waals surface area contributed by atoms with Crippen molar-refractivity contribution in [1.29, 1.82) is 0 Å². The molecule has 6 heteroatoms. The number of ether oxygens (including phenoxy) is 3. The Balaban J connectivity index is 1.62. The molecule has 2 aromatic carbocycles. The zero-order chi connectivity index (χ0) is 15.4. The maximum atomic E-state index is 11.8. The van der Waals surface area contributed by atoms with Crippen molar-refractivity contribution in [2.75, 3.05) is 13.9 Å². The van der Waals surface area contributed by atoms with Gasteiger partial charge in [-0.1, -0.05) is 5.16 Å². The number of hydrogen-bond donors (Lipinski definition) is 0. The molecule has 112 valence electrons. The molecule has 0 fully saturated rings. The van der Waals surface area contributed by atoms with Gasteiger partial charge in [0.15, 0.2) is 11.5 Å². The first kappa shape index (κ1) is 13.9. The Morgan fingerprint density at radius 1 is 1.14 bits per heavy atom. The normalized spacial score (nSPS) is 12.4. The average molecular weight is 299 g/mol. The molecule has 2 aromatic rings. The fraction of sp³-hybridized carbons (Fsp3) is 0.125. The minimum atomic E-state index is -0.542. The molecule has 0 atom stereocenters. The van der Waals surface area contributed by atoms with E-state index in [1.54, 1.807) is 49.6 Å². The highest BCUT2D eigenvalue weighted by molar-refractivity contribution is 5.90. The van der Waals surface area contributed by atoms with Crippen LogP contribution in [0.15, 0.2) is 47.6 Å². The number of hydrogen-bond acceptors (Lipinski definition) is 6. The Hall–Kier alpha value is -3.02. The fourth-order valence-electron chi connectivity index (χ4n) is 1.91. The minimum absolute atomic E-state index is 0.211. The smallest absolute Gasteiger partial charge is 0.365 e. The van der Waals surface area contributed by atoms with Crippen molar-refractivity contribution in [3.8, 4) is 17.2 Å². The Kier molecular flexibility index (Phi) is 3.91. The van der Waals surface area contributed by atoms with Crippen LogP contribution in [0.4, 0.5) is 0 Å². The lowest BCUT2D eigenvalue weighted by atomic mass is 10.2. The highest BCUT2D eigenvalue weighted by Crippen LogP contribution is 2.31. The van der Waals surface area contributed by atoms with Gasteiger partial charge in [0.05, 0.1) is 18.9 Å². The quantitative estimate of drug-likeness (QED) is 0.493. The predicted octanol–water partition coefficient (Wildman–Crippen LogP) is 2.61. The van der Waals surface area contributed by atoms with Crippen molar-refractivity contribution < 1.29 is 23.8 Å². The van der Waals surface area contributed by atoms with Gasteiger partial charge in [0, 0.05) is 5.56 Å². The van der Waals surface area contributed by atoms with Gasteiger partial charge in [-0.05, 0) is 42.5 Å². The van der Waals surface area contributed by atoms with Crippen LogP contribution < -0.4 is 14.2 Å². The molecule has 0 unspecified atom stereocenters. The molecular formula is C16H13NO5. The summed E-state index contributed by atoms with van der Waals surface area (Å²) in [6.45, 7) is 0.211. The van der Waals surface area contributed by atoms with Gasteiger partial charge in [0.2, 0.25) is 6.79 Å². The lowest BCUT2D eigenvalue weighted by Gasteiger charge is -2.01. The third kappa shape index (κ3) is 3.01. The van der Waals surface area contributed by atoms with E-state index in [4.69, 9.17) is 19.0 Å². The summed E-state index contributed by atoms with van der Waals surface area (Å²) in [5.41, 5.74) is 1.13. The molecular weight excluding hydrogens is 286 g/mol. The largest absolute Gasteiger partial charge is 0.497 e. The fourth-order valence-corrected chi connectivity index (χ4v) is 1.91. The van der Waals surface area contributed by atoms with E-state index in [1.165, 1.54) is 6.21 Å². The van der Waals surface area contributed by atoms with Crippen molar-refractivity contribution in [2.24, 2.45) is 5.16 Å². The summed E-state index contributed by atoms with van der Waals surface area (Å²) in [6, 6.07) is 11.9. The van der Waals surface area contributed by atoms with Gasteiger partial charge in [0.25, 0.3) is 0 Å². The topological polar surface area (TPSA) is 66.4 Å². The zero-order valence-electron chi connectivity index (χ0n) is 11.8. The predicted molar refractivity (Wildman–Crippen MR) is 78.6 cm³/mol. The van der Waals surface area contributed by atoms with Gasteiger partial charge in [-0.15, -0.1) is 0 Å². The van der Waals surface area contributed by atoms with Crippen LogP contribution in [0.3, 0.4) is 0 Å². The number of fused-ring (bicyclic) bond motifs is 1. The molecule has 0 aliphatic carbocycles. The first-order valence-electron chi connectivity index (χ1n) is 6.55. The van der Waals surface area contributed by atoms with Gasteiger partial charge in [0.1, 0.15) is 5.75 Å². The first-order chi connectivity index (χ1) is 10.8. The molecule has 0 radical (unpaired) electrons. The van der Waals surface area contributed by atoms with Crippen molar-refractivity contribution >= 4 is 12.2 Å². The van der Waals surface area contributed by atoms with Gasteiger partial charge < -0.3 is 19.0 Å². The van der Waals surface area contributed by atoms with E-state index in [-0.39, 0.29) is 6.79 Å². The number of nitrogens with zero attached hydrogens (tertiary/aromatic N) is 1. The second-order valence-corrected chi connectivity index (χ2v) is 4.45. The number of oxime groups is 1. The van der Waals surface area contributed by atoms with Crippen LogP contribution in [0.1, 0.15) is 15.9 Å². The van der Waals surface area contributed by atoms with Gasteiger partial charge in [-0.2, -0.15) is 0 Å². The van der Waals surface area contributed by atoms with Crippen molar-refractivity contribution in [2.45, 2.75) is 0 Å². The van der Waals surface area contributed by atoms with Crippen LogP contribution in [-0.2, 0) is 4.84 Å². The van der Waals surface area contributed by atoms with Gasteiger partial charge in [-0.25, -0.2) is 4.79 Å². The Labute approximate surface area is 126 Å². The molecule has 0 spiro atoms. The summed E-state index contributed by atoms with van der Waals surface area (Å²) in [5, 5.41) is 3.68. The molecule has 0 saturated carbocycles. The Morgan fingerprint density at radius 2 is 1.91 bits per heavy atom. The molecule has 0 bridgehead atoms. The van der Waals surface area contributed by atoms with Crippen LogP contribution in [-0.4, -0.2) is 26.1 Å². The Bertz CT molecular complexity index is 709. The second kappa shape index (κ2) is 6.17. The molecule has 0 aromatic heterocycles. The molecule has 3 rings (SSSR count). The maximum absolute atomic E-state index is 11.8. The highest BCUT2D eigenvalue weighted by Gasteiger charge is 2.12. The summed E-state index contributed by atoms with van der Waals surface area (Å²) in [6.07, 6.45) is 1.43. The number of methoxy groups -OCH3 is 1. The van der Waals surface area contributed by atoms with Crippen LogP contribution >= 0.6 is 0 Å². The second-order valence-electron chi connectivity index (χ2n) is 4.45. The third-order valence-electron chi connectivity index (χ3n) is 3.06. The van der Waals surface area contributed by atoms with Gasteiger partial charge in [-0.3, -0.25) is 0 Å². The van der Waals surface area contributed by atoms with Crippen LogP contribution in [0.5, 0.6) is 17.2 Å².